The van der Waals surface area contributed by atoms with Crippen LogP contribution in [0.5, 0.6) is 0 Å². The number of sulfonamides is 1. The van der Waals surface area contributed by atoms with Gasteiger partial charge in [-0.05, 0) is 36.8 Å². The summed E-state index contributed by atoms with van der Waals surface area (Å²) in [6, 6.07) is 6.13. The average Bonchev–Trinajstić information content (AvgIpc) is 3.20. The summed E-state index contributed by atoms with van der Waals surface area (Å²) in [7, 11) is -3.90. The maximum absolute atomic E-state index is 13.2. The van der Waals surface area contributed by atoms with Gasteiger partial charge in [-0.3, -0.25) is 9.78 Å². The van der Waals surface area contributed by atoms with Crippen LogP contribution in [0, 0.1) is 5.82 Å². The van der Waals surface area contributed by atoms with E-state index >= 15 is 0 Å². The molecule has 2 aromatic heterocycles. The molecule has 0 aliphatic rings. The van der Waals surface area contributed by atoms with Crippen LogP contribution in [0.25, 0.3) is 0 Å². The lowest BCUT2D eigenvalue weighted by atomic mass is 10.1. The monoisotopic (exact) mass is 440 g/mol. The summed E-state index contributed by atoms with van der Waals surface area (Å²) in [4.78, 5) is 16.9. The molecule has 0 unspecified atom stereocenters. The summed E-state index contributed by atoms with van der Waals surface area (Å²) in [6.07, 6.45) is 2.58. The van der Waals surface area contributed by atoms with Crippen LogP contribution < -0.4 is 4.72 Å². The van der Waals surface area contributed by atoms with Crippen LogP contribution in [0.2, 0.25) is 5.02 Å². The van der Waals surface area contributed by atoms with Crippen molar-refractivity contribution < 1.29 is 17.6 Å². The molecule has 0 aliphatic heterocycles. The fraction of sp³-hybridized carbons (Fsp3) is 0.176. The molecule has 11 heteroatoms. The van der Waals surface area contributed by atoms with Crippen molar-refractivity contribution in [3.05, 3.63) is 69.1 Å². The first-order valence-electron chi connectivity index (χ1n) is 8.03. The van der Waals surface area contributed by atoms with E-state index in [1.165, 1.54) is 23.5 Å². The second-order valence-electron chi connectivity index (χ2n) is 5.70. The number of carbonyl (C=O) groups is 1. The third kappa shape index (κ3) is 5.16. The van der Waals surface area contributed by atoms with Crippen molar-refractivity contribution >= 4 is 38.7 Å². The van der Waals surface area contributed by atoms with Gasteiger partial charge in [-0.15, -0.1) is 16.4 Å². The molecular weight excluding hydrogens is 427 g/mol. The van der Waals surface area contributed by atoms with E-state index < -0.39 is 15.8 Å². The summed E-state index contributed by atoms with van der Waals surface area (Å²) < 4.78 is 40.0. The van der Waals surface area contributed by atoms with Crippen molar-refractivity contribution in [2.45, 2.75) is 24.3 Å². The van der Waals surface area contributed by atoms with Crippen LogP contribution in [-0.2, 0) is 23.0 Å². The van der Waals surface area contributed by atoms with Crippen molar-refractivity contribution in [3.8, 4) is 0 Å². The summed E-state index contributed by atoms with van der Waals surface area (Å²) in [5.41, 5.74) is 2.24. The standard InChI is InChI=1S/C17H14ClFN4O3S2/c18-14-7-13(3-4-15(14)19)28(25,26)21-8-11-1-5-16(23-22-11)17(24)6-2-12-9-20-10-27-12/h1,3-5,7,9-10,21H,2,6,8H2. The van der Waals surface area contributed by atoms with Crippen molar-refractivity contribution in [3.63, 3.8) is 0 Å². The molecule has 7 nitrogen and oxygen atoms in total. The highest BCUT2D eigenvalue weighted by Gasteiger charge is 2.16. The minimum absolute atomic E-state index is 0.139. The lowest BCUT2D eigenvalue weighted by molar-refractivity contribution is 0.0977. The number of ketones is 1. The van der Waals surface area contributed by atoms with Crippen molar-refractivity contribution in [1.82, 2.24) is 19.9 Å². The number of carbonyl (C=O) groups excluding carboxylic acids is 1. The molecule has 28 heavy (non-hydrogen) atoms. The Morgan fingerprint density at radius 1 is 1.21 bits per heavy atom. The predicted molar refractivity (Wildman–Crippen MR) is 102 cm³/mol. The molecule has 0 fully saturated rings. The van der Waals surface area contributed by atoms with E-state index in [0.717, 1.165) is 23.1 Å². The molecule has 3 rings (SSSR count). The fourth-order valence-electron chi connectivity index (χ4n) is 2.23. The third-order valence-electron chi connectivity index (χ3n) is 3.73. The van der Waals surface area contributed by atoms with Gasteiger partial charge in [-0.25, -0.2) is 17.5 Å². The number of hydrogen-bond acceptors (Lipinski definition) is 7. The largest absolute Gasteiger partial charge is 0.292 e. The Labute approximate surface area is 169 Å². The Morgan fingerprint density at radius 3 is 2.68 bits per heavy atom. The molecule has 0 aliphatic carbocycles. The predicted octanol–water partition coefficient (Wildman–Crippen LogP) is 3.02. The molecule has 1 N–H and O–H groups in total. The van der Waals surface area contributed by atoms with Gasteiger partial charge in [0.05, 0.1) is 27.7 Å². The molecule has 0 bridgehead atoms. The number of nitrogens with zero attached hydrogens (tertiary/aromatic N) is 3. The summed E-state index contributed by atoms with van der Waals surface area (Å²) >= 11 is 7.10. The van der Waals surface area contributed by atoms with E-state index in [1.54, 1.807) is 11.7 Å². The quantitative estimate of drug-likeness (QED) is 0.540. The Kier molecular flexibility index (Phi) is 6.45. The molecule has 0 radical (unpaired) electrons. The lowest BCUT2D eigenvalue weighted by Crippen LogP contribution is -2.24. The molecular formula is C17H14ClFN4O3S2. The number of thiazole rings is 1. The molecule has 2 heterocycles. The van der Waals surface area contributed by atoms with Gasteiger partial charge in [0, 0.05) is 17.5 Å². The van der Waals surface area contributed by atoms with E-state index in [0.29, 0.717) is 12.1 Å². The first kappa shape index (κ1) is 20.5. The first-order chi connectivity index (χ1) is 13.3. The molecule has 146 valence electrons. The van der Waals surface area contributed by atoms with Crippen LogP contribution in [0.4, 0.5) is 4.39 Å². The Balaban J connectivity index is 1.59. The first-order valence-corrected chi connectivity index (χ1v) is 10.8. The highest BCUT2D eigenvalue weighted by Crippen LogP contribution is 2.19. The number of aryl methyl sites for hydroxylation is 1. The SMILES string of the molecule is O=C(CCc1cncs1)c1ccc(CNS(=O)(=O)c2ccc(F)c(Cl)c2)nn1. The van der Waals surface area contributed by atoms with Crippen LogP contribution >= 0.6 is 22.9 Å². The number of hydrogen-bond donors (Lipinski definition) is 1. The Hall–Kier alpha value is -2.27. The summed E-state index contributed by atoms with van der Waals surface area (Å²) in [6.45, 7) is -0.139. The Morgan fingerprint density at radius 2 is 2.04 bits per heavy atom. The second kappa shape index (κ2) is 8.82. The van der Waals surface area contributed by atoms with Crippen molar-refractivity contribution in [2.75, 3.05) is 0 Å². The summed E-state index contributed by atoms with van der Waals surface area (Å²) in [5, 5.41) is 7.45. The maximum atomic E-state index is 13.2. The maximum Gasteiger partial charge on any atom is 0.240 e. The zero-order valence-electron chi connectivity index (χ0n) is 14.3. The van der Waals surface area contributed by atoms with Gasteiger partial charge in [0.1, 0.15) is 11.5 Å². The molecule has 3 aromatic rings. The van der Waals surface area contributed by atoms with E-state index in [9.17, 15) is 17.6 Å². The highest BCUT2D eigenvalue weighted by atomic mass is 35.5. The van der Waals surface area contributed by atoms with Gasteiger partial charge in [-0.2, -0.15) is 5.10 Å². The minimum atomic E-state index is -3.90. The van der Waals surface area contributed by atoms with Crippen LogP contribution in [0.1, 0.15) is 27.5 Å². The fourth-order valence-corrected chi connectivity index (χ4v) is 4.10. The molecule has 1 aromatic carbocycles. The van der Waals surface area contributed by atoms with E-state index in [1.807, 2.05) is 0 Å². The molecule has 0 spiro atoms. The second-order valence-corrected chi connectivity index (χ2v) is 8.85. The normalized spacial score (nSPS) is 11.5. The van der Waals surface area contributed by atoms with Gasteiger partial charge in [-0.1, -0.05) is 11.6 Å². The smallest absolute Gasteiger partial charge is 0.240 e. The number of Topliss-reactive ketones (excluding diaryl/α,β-unsaturated/α-hetero) is 1. The van der Waals surface area contributed by atoms with E-state index in [-0.39, 0.29) is 34.4 Å². The number of rotatable bonds is 8. The van der Waals surface area contributed by atoms with Gasteiger partial charge >= 0.3 is 0 Å². The van der Waals surface area contributed by atoms with Crippen LogP contribution in [-0.4, -0.2) is 29.4 Å². The van der Waals surface area contributed by atoms with Gasteiger partial charge < -0.3 is 0 Å². The zero-order chi connectivity index (χ0) is 20.1. The van der Waals surface area contributed by atoms with Gasteiger partial charge in [0.2, 0.25) is 10.0 Å². The van der Waals surface area contributed by atoms with Crippen molar-refractivity contribution in [2.24, 2.45) is 0 Å². The lowest BCUT2D eigenvalue weighted by Gasteiger charge is -2.07. The molecule has 0 saturated carbocycles. The number of nitrogens with one attached hydrogen (secondary N) is 1. The molecule has 0 saturated heterocycles. The van der Waals surface area contributed by atoms with E-state index in [2.05, 4.69) is 19.9 Å². The number of halogens is 2. The average molecular weight is 441 g/mol. The van der Waals surface area contributed by atoms with Crippen molar-refractivity contribution in [1.29, 1.82) is 0 Å². The van der Waals surface area contributed by atoms with Crippen LogP contribution in [0.3, 0.4) is 0 Å². The van der Waals surface area contributed by atoms with Gasteiger partial charge in [0.15, 0.2) is 5.78 Å². The van der Waals surface area contributed by atoms with E-state index in [4.69, 9.17) is 11.6 Å². The number of aromatic nitrogens is 3. The molecule has 0 atom stereocenters. The minimum Gasteiger partial charge on any atom is -0.292 e. The van der Waals surface area contributed by atoms with Gasteiger partial charge in [0.25, 0.3) is 0 Å². The summed E-state index contributed by atoms with van der Waals surface area (Å²) in [5.74, 6) is -0.865. The molecule has 0 amide bonds. The van der Waals surface area contributed by atoms with Crippen LogP contribution in [0.15, 0.2) is 46.9 Å². The third-order valence-corrected chi connectivity index (χ3v) is 6.26. The number of benzene rings is 1. The topological polar surface area (TPSA) is 102 Å². The zero-order valence-corrected chi connectivity index (χ0v) is 16.7. The highest BCUT2D eigenvalue weighted by molar-refractivity contribution is 7.89. The Bertz CT molecular complexity index is 1070.